The summed E-state index contributed by atoms with van der Waals surface area (Å²) in [7, 11) is 0. The lowest BCUT2D eigenvalue weighted by molar-refractivity contribution is 0.0492. The van der Waals surface area contributed by atoms with E-state index in [2.05, 4.69) is 68.6 Å². The zero-order valence-corrected chi connectivity index (χ0v) is 29.8. The first-order valence-corrected chi connectivity index (χ1v) is 17.1. The predicted octanol–water partition coefficient (Wildman–Crippen LogP) is 7.76. The number of amides is 2. The average molecular weight is 661 g/mol. The molecular formula is C38H52N4O6. The Morgan fingerprint density at radius 2 is 1.08 bits per heavy atom. The van der Waals surface area contributed by atoms with Gasteiger partial charge in [0.05, 0.1) is 24.2 Å². The van der Waals surface area contributed by atoms with Gasteiger partial charge >= 0.3 is 12.2 Å². The van der Waals surface area contributed by atoms with Gasteiger partial charge in [0.15, 0.2) is 0 Å². The van der Waals surface area contributed by atoms with Gasteiger partial charge in [0.1, 0.15) is 22.7 Å². The normalized spacial score (nSPS) is 15.5. The van der Waals surface area contributed by atoms with Crippen LogP contribution in [0.2, 0.25) is 0 Å². The van der Waals surface area contributed by atoms with Crippen molar-refractivity contribution in [2.24, 2.45) is 0 Å². The number of ether oxygens (including phenoxy) is 4. The predicted molar refractivity (Wildman–Crippen MR) is 189 cm³/mol. The molecule has 2 N–H and O–H groups in total. The Balaban J connectivity index is 0.000000188. The number of carbonyl (C=O) groups excluding carboxylic acids is 2. The molecule has 2 amide bonds. The van der Waals surface area contributed by atoms with Gasteiger partial charge in [-0.3, -0.25) is 0 Å². The molecule has 0 aliphatic carbocycles. The van der Waals surface area contributed by atoms with E-state index in [0.717, 1.165) is 50.4 Å². The van der Waals surface area contributed by atoms with Crippen LogP contribution in [0, 0.1) is 0 Å². The molecule has 2 aliphatic heterocycles. The lowest BCUT2D eigenvalue weighted by atomic mass is 10.0. The van der Waals surface area contributed by atoms with Crippen LogP contribution in [0.25, 0.3) is 21.8 Å². The number of nitrogens with one attached hydrogen (secondary N) is 2. The monoisotopic (exact) mass is 660 g/mol. The van der Waals surface area contributed by atoms with Gasteiger partial charge in [-0.1, -0.05) is 0 Å². The standard InChI is InChI=1S/2C19H26N2O3/c2*1-13(20-18(22)24-19(2,3)4)12-21-10-9-14-7-8-16-15(17(14)21)6-5-11-23-16/h2*7-10,13H,5-6,11-12H2,1-4H3,(H,20,22)/t2*13-/m00/s1. The molecule has 0 bridgehead atoms. The molecule has 10 heteroatoms. The zero-order chi connectivity index (χ0) is 34.6. The van der Waals surface area contributed by atoms with Crippen LogP contribution >= 0.6 is 0 Å². The summed E-state index contributed by atoms with van der Waals surface area (Å²) in [6.07, 6.45) is 7.55. The van der Waals surface area contributed by atoms with Gasteiger partial charge in [0.2, 0.25) is 0 Å². The van der Waals surface area contributed by atoms with Gasteiger partial charge in [-0.05, 0) is 117 Å². The van der Waals surface area contributed by atoms with Crippen molar-refractivity contribution in [3.05, 3.63) is 59.9 Å². The molecule has 0 fully saturated rings. The summed E-state index contributed by atoms with van der Waals surface area (Å²) < 4.78 is 26.6. The number of nitrogens with zero attached hydrogens (tertiary/aromatic N) is 2. The average Bonchev–Trinajstić information content (AvgIpc) is 3.59. The molecule has 4 heterocycles. The Labute approximate surface area is 284 Å². The summed E-state index contributed by atoms with van der Waals surface area (Å²) in [5.41, 5.74) is 4.00. The quantitative estimate of drug-likeness (QED) is 0.219. The van der Waals surface area contributed by atoms with E-state index in [1.54, 1.807) is 0 Å². The highest BCUT2D eigenvalue weighted by atomic mass is 16.6. The topological polar surface area (TPSA) is 105 Å². The molecule has 48 heavy (non-hydrogen) atoms. The molecule has 10 nitrogen and oxygen atoms in total. The second kappa shape index (κ2) is 14.4. The molecule has 0 radical (unpaired) electrons. The minimum absolute atomic E-state index is 0.0317. The van der Waals surface area contributed by atoms with E-state index in [1.165, 1.54) is 32.9 Å². The van der Waals surface area contributed by atoms with E-state index >= 15 is 0 Å². The summed E-state index contributed by atoms with van der Waals surface area (Å²) in [5, 5.41) is 8.24. The maximum Gasteiger partial charge on any atom is 0.407 e. The van der Waals surface area contributed by atoms with Crippen LogP contribution in [0.5, 0.6) is 11.5 Å². The number of alkyl carbamates (subject to hydrolysis) is 2. The first-order valence-electron chi connectivity index (χ1n) is 17.1. The Hall–Kier alpha value is -4.34. The summed E-state index contributed by atoms with van der Waals surface area (Å²) in [4.78, 5) is 23.9. The van der Waals surface area contributed by atoms with Crippen LogP contribution in [0.3, 0.4) is 0 Å². The summed E-state index contributed by atoms with van der Waals surface area (Å²) >= 11 is 0. The lowest BCUT2D eigenvalue weighted by Crippen LogP contribution is -2.39. The fraction of sp³-hybridized carbons (Fsp3) is 0.526. The highest BCUT2D eigenvalue weighted by molar-refractivity contribution is 5.86. The number of rotatable bonds is 6. The number of benzene rings is 2. The van der Waals surface area contributed by atoms with Crippen LogP contribution in [0.15, 0.2) is 48.8 Å². The van der Waals surface area contributed by atoms with Crippen LogP contribution in [0.4, 0.5) is 9.59 Å². The van der Waals surface area contributed by atoms with Gasteiger partial charge in [0.25, 0.3) is 0 Å². The molecule has 2 aliphatic rings. The third-order valence-electron chi connectivity index (χ3n) is 8.11. The van der Waals surface area contributed by atoms with Gasteiger partial charge < -0.3 is 38.7 Å². The van der Waals surface area contributed by atoms with Gasteiger partial charge in [0, 0.05) is 59.5 Å². The smallest absolute Gasteiger partial charge is 0.407 e. The van der Waals surface area contributed by atoms with E-state index in [4.69, 9.17) is 18.9 Å². The van der Waals surface area contributed by atoms with Crippen LogP contribution in [-0.4, -0.2) is 57.8 Å². The number of carbonyl (C=O) groups is 2. The first kappa shape index (κ1) is 35.0. The molecule has 2 aromatic carbocycles. The van der Waals surface area contributed by atoms with Crippen molar-refractivity contribution in [3.63, 3.8) is 0 Å². The Kier molecular flexibility index (Phi) is 10.5. The molecule has 0 saturated carbocycles. The van der Waals surface area contributed by atoms with Crippen molar-refractivity contribution in [1.29, 1.82) is 0 Å². The number of hydrogen-bond acceptors (Lipinski definition) is 6. The fourth-order valence-corrected chi connectivity index (χ4v) is 6.33. The van der Waals surface area contributed by atoms with E-state index in [0.29, 0.717) is 13.1 Å². The molecule has 4 aromatic rings. The Bertz CT molecular complexity index is 1610. The first-order chi connectivity index (χ1) is 22.7. The molecule has 0 unspecified atom stereocenters. The van der Waals surface area contributed by atoms with E-state index < -0.39 is 11.2 Å². The maximum atomic E-state index is 11.9. The van der Waals surface area contributed by atoms with Crippen LogP contribution in [0.1, 0.15) is 79.4 Å². The van der Waals surface area contributed by atoms with E-state index in [9.17, 15) is 9.59 Å². The van der Waals surface area contributed by atoms with Crippen molar-refractivity contribution < 1.29 is 28.5 Å². The summed E-state index contributed by atoms with van der Waals surface area (Å²) in [5.74, 6) is 1.97. The largest absolute Gasteiger partial charge is 0.493 e. The van der Waals surface area contributed by atoms with Crippen molar-refractivity contribution in [3.8, 4) is 11.5 Å². The molecule has 260 valence electrons. The number of hydrogen-bond donors (Lipinski definition) is 2. The number of aryl methyl sites for hydroxylation is 2. The van der Waals surface area contributed by atoms with Crippen LogP contribution in [-0.2, 0) is 35.4 Å². The van der Waals surface area contributed by atoms with Crippen LogP contribution < -0.4 is 20.1 Å². The second-order valence-electron chi connectivity index (χ2n) is 14.9. The van der Waals surface area contributed by atoms with Crippen molar-refractivity contribution in [2.45, 2.75) is 117 Å². The highest BCUT2D eigenvalue weighted by Gasteiger charge is 2.22. The minimum atomic E-state index is -0.486. The van der Waals surface area contributed by atoms with Gasteiger partial charge in [-0.25, -0.2) is 9.59 Å². The minimum Gasteiger partial charge on any atom is -0.493 e. The molecule has 6 rings (SSSR count). The fourth-order valence-electron chi connectivity index (χ4n) is 6.33. The third-order valence-corrected chi connectivity index (χ3v) is 8.11. The lowest BCUT2D eigenvalue weighted by Gasteiger charge is -2.23. The molecular weight excluding hydrogens is 608 g/mol. The van der Waals surface area contributed by atoms with Crippen molar-refractivity contribution >= 4 is 34.0 Å². The Morgan fingerprint density at radius 1 is 0.688 bits per heavy atom. The molecule has 0 saturated heterocycles. The van der Waals surface area contributed by atoms with E-state index in [1.807, 2.05) is 55.4 Å². The van der Waals surface area contributed by atoms with Crippen molar-refractivity contribution in [1.82, 2.24) is 19.8 Å². The molecule has 0 spiro atoms. The zero-order valence-electron chi connectivity index (χ0n) is 29.8. The maximum absolute atomic E-state index is 11.9. The Morgan fingerprint density at radius 3 is 1.46 bits per heavy atom. The summed E-state index contributed by atoms with van der Waals surface area (Å²) in [6, 6.07) is 12.5. The van der Waals surface area contributed by atoms with Crippen molar-refractivity contribution in [2.75, 3.05) is 13.2 Å². The number of aromatic nitrogens is 2. The van der Waals surface area contributed by atoms with Gasteiger partial charge in [-0.15, -0.1) is 0 Å². The summed E-state index contributed by atoms with van der Waals surface area (Å²) in [6.45, 7) is 18.1. The van der Waals surface area contributed by atoms with Gasteiger partial charge in [-0.2, -0.15) is 0 Å². The molecule has 2 atom stereocenters. The SMILES string of the molecule is C[C@@H](Cn1ccc2ccc3c(c21)CCCO3)NC(=O)OC(C)(C)C.C[C@@H](Cn1ccc2ccc3c(c21)CCCO3)NC(=O)OC(C)(C)C. The number of fused-ring (bicyclic) bond motifs is 6. The second-order valence-corrected chi connectivity index (χ2v) is 14.9. The third kappa shape index (κ3) is 8.96. The van der Waals surface area contributed by atoms with E-state index in [-0.39, 0.29) is 24.3 Å². The highest BCUT2D eigenvalue weighted by Crippen LogP contribution is 2.34. The molecule has 2 aromatic heterocycles.